The van der Waals surface area contributed by atoms with Gasteiger partial charge in [-0.05, 0) is 81.7 Å². The number of halogens is 1. The zero-order valence-corrected chi connectivity index (χ0v) is 18.2. The van der Waals surface area contributed by atoms with Gasteiger partial charge >= 0.3 is 5.97 Å². The number of anilines is 1. The fourth-order valence-electron chi connectivity index (χ4n) is 2.69. The first-order valence-electron chi connectivity index (χ1n) is 9.32. The number of hydrogen-bond acceptors (Lipinski definition) is 5. The molecule has 32 heavy (non-hydrogen) atoms. The lowest BCUT2D eigenvalue weighted by Crippen LogP contribution is -2.13. The van der Waals surface area contributed by atoms with Crippen LogP contribution in [0.2, 0.25) is 0 Å². The summed E-state index contributed by atoms with van der Waals surface area (Å²) < 4.78 is 6.40. The average molecular weight is 493 g/mol. The number of carboxylic acid groups (broad SMARTS) is 1. The molecule has 0 aliphatic heterocycles. The van der Waals surface area contributed by atoms with Crippen molar-refractivity contribution in [3.8, 4) is 17.6 Å². The number of aromatic hydroxyl groups is 1. The second-order valence-electron chi connectivity index (χ2n) is 6.65. The number of phenols is 1. The van der Waals surface area contributed by atoms with Gasteiger partial charge in [-0.25, -0.2) is 4.79 Å². The molecule has 0 radical (unpaired) electrons. The third-order valence-electron chi connectivity index (χ3n) is 4.35. The van der Waals surface area contributed by atoms with Crippen molar-refractivity contribution in [1.82, 2.24) is 0 Å². The third kappa shape index (κ3) is 5.97. The van der Waals surface area contributed by atoms with Crippen LogP contribution in [-0.2, 0) is 11.4 Å². The van der Waals surface area contributed by atoms with Crippen molar-refractivity contribution in [2.24, 2.45) is 0 Å². The second kappa shape index (κ2) is 10.3. The van der Waals surface area contributed by atoms with Crippen LogP contribution in [0.1, 0.15) is 21.5 Å². The first-order valence-corrected chi connectivity index (χ1v) is 10.1. The molecule has 3 aromatic rings. The number of hydrogen-bond donors (Lipinski definition) is 3. The van der Waals surface area contributed by atoms with Gasteiger partial charge in [0, 0.05) is 5.69 Å². The van der Waals surface area contributed by atoms with Crippen LogP contribution in [-0.4, -0.2) is 22.1 Å². The Morgan fingerprint density at radius 1 is 1.06 bits per heavy atom. The highest BCUT2D eigenvalue weighted by Gasteiger charge is 2.11. The second-order valence-corrected chi connectivity index (χ2v) is 7.51. The maximum Gasteiger partial charge on any atom is 0.335 e. The van der Waals surface area contributed by atoms with E-state index in [9.17, 15) is 20.0 Å². The van der Waals surface area contributed by atoms with Gasteiger partial charge in [-0.15, -0.1) is 0 Å². The van der Waals surface area contributed by atoms with Crippen LogP contribution in [0.4, 0.5) is 5.69 Å². The quantitative estimate of drug-likeness (QED) is 0.243. The number of amides is 1. The van der Waals surface area contributed by atoms with E-state index in [0.29, 0.717) is 21.5 Å². The van der Waals surface area contributed by atoms with E-state index in [1.54, 1.807) is 30.3 Å². The molecule has 0 aromatic heterocycles. The minimum atomic E-state index is -0.989. The molecule has 0 fully saturated rings. The molecule has 0 bridgehead atoms. The summed E-state index contributed by atoms with van der Waals surface area (Å²) in [6, 6.07) is 19.3. The highest BCUT2D eigenvalue weighted by molar-refractivity contribution is 9.10. The van der Waals surface area contributed by atoms with Crippen molar-refractivity contribution in [1.29, 1.82) is 5.26 Å². The van der Waals surface area contributed by atoms with Gasteiger partial charge in [0.1, 0.15) is 29.7 Å². The molecule has 8 heteroatoms. The number of phenolic OH excluding ortho intramolecular Hbond substituents is 1. The number of nitriles is 1. The summed E-state index contributed by atoms with van der Waals surface area (Å²) >= 11 is 3.42. The van der Waals surface area contributed by atoms with Gasteiger partial charge in [0.05, 0.1) is 10.0 Å². The summed E-state index contributed by atoms with van der Waals surface area (Å²) in [5, 5.41) is 30.2. The van der Waals surface area contributed by atoms with Crippen LogP contribution in [0, 0.1) is 11.3 Å². The molecule has 3 N–H and O–H groups in total. The summed E-state index contributed by atoms with van der Waals surface area (Å²) in [5.41, 5.74) is 2.00. The molecule has 3 aromatic carbocycles. The Labute approximate surface area is 192 Å². The minimum Gasteiger partial charge on any atom is -0.508 e. The highest BCUT2D eigenvalue weighted by atomic mass is 79.9. The number of nitrogens with one attached hydrogen (secondary N) is 1. The van der Waals surface area contributed by atoms with E-state index in [0.717, 1.165) is 5.56 Å². The molecule has 1 amide bonds. The zero-order chi connectivity index (χ0) is 23.1. The molecule has 7 nitrogen and oxygen atoms in total. The van der Waals surface area contributed by atoms with Gasteiger partial charge < -0.3 is 20.3 Å². The predicted octanol–water partition coefficient (Wildman–Crippen LogP) is 4.98. The van der Waals surface area contributed by atoms with Crippen molar-refractivity contribution in [3.63, 3.8) is 0 Å². The topological polar surface area (TPSA) is 120 Å². The van der Waals surface area contributed by atoms with E-state index in [1.807, 2.05) is 6.07 Å². The lowest BCUT2D eigenvalue weighted by Gasteiger charge is -2.09. The summed E-state index contributed by atoms with van der Waals surface area (Å²) in [5.74, 6) is -0.934. The number of carbonyl (C=O) groups excluding carboxylic acids is 1. The molecule has 0 atom stereocenters. The molecule has 0 saturated carbocycles. The standard InChI is InChI=1S/C24H17BrN2O5/c25-21-12-16(11-18(13-26)23(29)27-19-6-8-20(28)9-7-19)3-10-22(21)32-14-15-1-4-17(5-2-15)24(30)31/h1-12,28H,14H2,(H,27,29)(H,30,31)/b18-11+. The molecule has 3 rings (SSSR count). The SMILES string of the molecule is N#C/C(=C\c1ccc(OCc2ccc(C(=O)O)cc2)c(Br)c1)C(=O)Nc1ccc(O)cc1. The lowest BCUT2D eigenvalue weighted by atomic mass is 10.1. The van der Waals surface area contributed by atoms with Crippen LogP contribution < -0.4 is 10.1 Å². The Morgan fingerprint density at radius 2 is 1.75 bits per heavy atom. The molecule has 0 aliphatic rings. The Kier molecular flexibility index (Phi) is 7.26. The number of benzene rings is 3. The number of carboxylic acids is 1. The maximum absolute atomic E-state index is 12.4. The molecule has 160 valence electrons. The van der Waals surface area contributed by atoms with Crippen LogP contribution in [0.25, 0.3) is 6.08 Å². The first kappa shape index (κ1) is 22.6. The first-order chi connectivity index (χ1) is 15.4. The van der Waals surface area contributed by atoms with E-state index >= 15 is 0 Å². The fraction of sp³-hybridized carbons (Fsp3) is 0.0417. The number of aromatic carboxylic acids is 1. The van der Waals surface area contributed by atoms with Crippen molar-refractivity contribution < 1.29 is 24.5 Å². The van der Waals surface area contributed by atoms with E-state index in [-0.39, 0.29) is 23.5 Å². The molecule has 0 heterocycles. The monoisotopic (exact) mass is 492 g/mol. The summed E-state index contributed by atoms with van der Waals surface area (Å²) in [4.78, 5) is 23.3. The molecular formula is C24H17BrN2O5. The molecule has 0 spiro atoms. The molecule has 0 saturated heterocycles. The third-order valence-corrected chi connectivity index (χ3v) is 4.97. The largest absolute Gasteiger partial charge is 0.508 e. The highest BCUT2D eigenvalue weighted by Crippen LogP contribution is 2.28. The number of carbonyl (C=O) groups is 2. The van der Waals surface area contributed by atoms with Gasteiger partial charge in [-0.3, -0.25) is 4.79 Å². The molecule has 0 aliphatic carbocycles. The predicted molar refractivity (Wildman–Crippen MR) is 122 cm³/mol. The van der Waals surface area contributed by atoms with E-state index in [4.69, 9.17) is 9.84 Å². The van der Waals surface area contributed by atoms with Crippen LogP contribution in [0.15, 0.2) is 76.8 Å². The maximum atomic E-state index is 12.4. The van der Waals surface area contributed by atoms with Gasteiger partial charge in [0.15, 0.2) is 0 Å². The van der Waals surface area contributed by atoms with Crippen molar-refractivity contribution in [2.75, 3.05) is 5.32 Å². The Hall–Kier alpha value is -4.09. The summed E-state index contributed by atoms with van der Waals surface area (Å²) in [6.45, 7) is 0.242. The summed E-state index contributed by atoms with van der Waals surface area (Å²) in [7, 11) is 0. The Bertz CT molecular complexity index is 1210. The summed E-state index contributed by atoms with van der Waals surface area (Å²) in [6.07, 6.45) is 1.45. The van der Waals surface area contributed by atoms with Crippen LogP contribution in [0.3, 0.4) is 0 Å². The van der Waals surface area contributed by atoms with E-state index < -0.39 is 11.9 Å². The van der Waals surface area contributed by atoms with Crippen molar-refractivity contribution in [2.45, 2.75) is 6.61 Å². The minimum absolute atomic E-state index is 0.0727. The number of rotatable bonds is 7. The van der Waals surface area contributed by atoms with Gasteiger partial charge in [0.25, 0.3) is 5.91 Å². The van der Waals surface area contributed by atoms with E-state index in [2.05, 4.69) is 21.2 Å². The van der Waals surface area contributed by atoms with Gasteiger partial charge in [-0.2, -0.15) is 5.26 Å². The van der Waals surface area contributed by atoms with Crippen molar-refractivity contribution in [3.05, 3.63) is 93.5 Å². The fourth-order valence-corrected chi connectivity index (χ4v) is 3.20. The molecular weight excluding hydrogens is 476 g/mol. The smallest absolute Gasteiger partial charge is 0.335 e. The Morgan fingerprint density at radius 3 is 2.34 bits per heavy atom. The van der Waals surface area contributed by atoms with Crippen LogP contribution >= 0.6 is 15.9 Å². The van der Waals surface area contributed by atoms with Crippen molar-refractivity contribution >= 4 is 39.6 Å². The normalized spacial score (nSPS) is 10.8. The average Bonchev–Trinajstić information content (AvgIpc) is 2.78. The van der Waals surface area contributed by atoms with Gasteiger partial charge in [0.2, 0.25) is 0 Å². The van der Waals surface area contributed by atoms with Gasteiger partial charge in [-0.1, -0.05) is 18.2 Å². The number of nitrogens with zero attached hydrogens (tertiary/aromatic N) is 1. The molecule has 0 unspecified atom stereocenters. The lowest BCUT2D eigenvalue weighted by molar-refractivity contribution is -0.112. The number of ether oxygens (including phenoxy) is 1. The zero-order valence-electron chi connectivity index (χ0n) is 16.6. The Balaban J connectivity index is 1.67. The van der Waals surface area contributed by atoms with Crippen LogP contribution in [0.5, 0.6) is 11.5 Å². The van der Waals surface area contributed by atoms with E-state index in [1.165, 1.54) is 42.5 Å².